The minimum Gasteiger partial charge on any atom is -0.487 e. The van der Waals surface area contributed by atoms with Crippen molar-refractivity contribution in [2.45, 2.75) is 97.1 Å². The summed E-state index contributed by atoms with van der Waals surface area (Å²) in [4.78, 5) is 14.6. The number of rotatable bonds is 4. The van der Waals surface area contributed by atoms with Crippen molar-refractivity contribution >= 4 is 6.09 Å². The molecule has 0 bridgehead atoms. The number of para-hydroxylation sites is 1. The van der Waals surface area contributed by atoms with Crippen LogP contribution < -0.4 is 4.74 Å². The van der Waals surface area contributed by atoms with Crippen molar-refractivity contribution in [2.75, 3.05) is 13.1 Å². The van der Waals surface area contributed by atoms with Crippen molar-refractivity contribution in [1.29, 1.82) is 0 Å². The maximum atomic E-state index is 12.7. The number of carbonyl (C=O) groups excluding carboxylic acids is 1. The van der Waals surface area contributed by atoms with Gasteiger partial charge < -0.3 is 19.1 Å². The Morgan fingerprint density at radius 3 is 2.75 bits per heavy atom. The predicted molar refractivity (Wildman–Crippen MR) is 126 cm³/mol. The van der Waals surface area contributed by atoms with Crippen LogP contribution in [0.1, 0.15) is 85.3 Å². The first-order valence-electron chi connectivity index (χ1n) is 12.5. The SMILES string of the molecule is CC(C)CCC[C@@]1(C)Oc2ccccc2[C@@H]2O[C@@H]3CCN(C(=O)OC(C)(C)C)C[C@H]3C[C@H]21. The van der Waals surface area contributed by atoms with E-state index < -0.39 is 5.60 Å². The first-order valence-corrected chi connectivity index (χ1v) is 12.5. The molecule has 0 saturated carbocycles. The molecule has 5 nitrogen and oxygen atoms in total. The third kappa shape index (κ3) is 4.93. The number of hydrogen-bond donors (Lipinski definition) is 0. The fraction of sp³-hybridized carbons (Fsp3) is 0.741. The van der Waals surface area contributed by atoms with Gasteiger partial charge in [0.15, 0.2) is 0 Å². The van der Waals surface area contributed by atoms with Crippen LogP contribution in [0.25, 0.3) is 0 Å². The lowest BCUT2D eigenvalue weighted by atomic mass is 9.68. The average molecular weight is 444 g/mol. The van der Waals surface area contributed by atoms with Crippen LogP contribution in [0.5, 0.6) is 5.75 Å². The van der Waals surface area contributed by atoms with Gasteiger partial charge in [-0.25, -0.2) is 4.79 Å². The molecule has 178 valence electrons. The van der Waals surface area contributed by atoms with Crippen molar-refractivity contribution in [3.63, 3.8) is 0 Å². The number of hydrogen-bond acceptors (Lipinski definition) is 4. The Morgan fingerprint density at radius 1 is 1.28 bits per heavy atom. The predicted octanol–water partition coefficient (Wildman–Crippen LogP) is 6.37. The third-order valence-corrected chi connectivity index (χ3v) is 7.37. The number of amides is 1. The van der Waals surface area contributed by atoms with Gasteiger partial charge in [-0.2, -0.15) is 0 Å². The Morgan fingerprint density at radius 2 is 2.03 bits per heavy atom. The van der Waals surface area contributed by atoms with E-state index >= 15 is 0 Å². The lowest BCUT2D eigenvalue weighted by Crippen LogP contribution is -2.57. The van der Waals surface area contributed by atoms with Gasteiger partial charge in [-0.15, -0.1) is 0 Å². The number of carbonyl (C=O) groups is 1. The largest absolute Gasteiger partial charge is 0.487 e. The summed E-state index contributed by atoms with van der Waals surface area (Å²) in [6.07, 6.45) is 5.30. The summed E-state index contributed by atoms with van der Waals surface area (Å²) in [6.45, 7) is 14.0. The summed E-state index contributed by atoms with van der Waals surface area (Å²) in [5, 5.41) is 0. The van der Waals surface area contributed by atoms with E-state index in [4.69, 9.17) is 14.2 Å². The zero-order valence-electron chi connectivity index (χ0n) is 20.7. The Bertz CT molecular complexity index is 816. The van der Waals surface area contributed by atoms with Crippen LogP contribution in [-0.4, -0.2) is 41.4 Å². The first kappa shape index (κ1) is 23.4. The molecule has 0 radical (unpaired) electrons. The number of fused-ring (bicyclic) bond motifs is 4. The number of piperidine rings is 1. The minimum atomic E-state index is -0.474. The van der Waals surface area contributed by atoms with E-state index in [2.05, 4.69) is 45.0 Å². The molecule has 0 N–H and O–H groups in total. The molecule has 1 amide bonds. The molecule has 2 fully saturated rings. The highest BCUT2D eigenvalue weighted by Crippen LogP contribution is 2.54. The smallest absolute Gasteiger partial charge is 0.410 e. The van der Waals surface area contributed by atoms with Crippen molar-refractivity contribution in [3.05, 3.63) is 29.8 Å². The molecule has 2 saturated heterocycles. The molecule has 3 aliphatic rings. The number of ether oxygens (including phenoxy) is 3. The second-order valence-corrected chi connectivity index (χ2v) is 11.7. The molecular weight excluding hydrogens is 402 g/mol. The van der Waals surface area contributed by atoms with E-state index in [9.17, 15) is 4.79 Å². The van der Waals surface area contributed by atoms with Gasteiger partial charge in [0, 0.05) is 30.5 Å². The maximum Gasteiger partial charge on any atom is 0.410 e. The number of benzene rings is 1. The van der Waals surface area contributed by atoms with Gasteiger partial charge in [0.2, 0.25) is 0 Å². The average Bonchev–Trinajstić information content (AvgIpc) is 2.71. The van der Waals surface area contributed by atoms with E-state index in [1.165, 1.54) is 12.0 Å². The highest BCUT2D eigenvalue weighted by atomic mass is 16.6. The standard InChI is InChI=1S/C27H41NO4/c1-18(2)10-9-14-27(6)21-16-19-17-28(25(29)32-26(3,4)5)15-13-22(19)30-24(21)20-11-7-8-12-23(20)31-27/h7-8,11-12,18-19,21-22,24H,9-10,13-17H2,1-6H3/t19-,21-,22-,24+,27-/m1/s1. The van der Waals surface area contributed by atoms with E-state index in [0.29, 0.717) is 24.9 Å². The molecule has 1 aromatic carbocycles. The zero-order chi connectivity index (χ0) is 23.1. The highest BCUT2D eigenvalue weighted by molar-refractivity contribution is 5.68. The molecule has 3 aliphatic heterocycles. The van der Waals surface area contributed by atoms with Crippen LogP contribution in [0.2, 0.25) is 0 Å². The van der Waals surface area contributed by atoms with Gasteiger partial charge in [-0.05, 0) is 65.4 Å². The van der Waals surface area contributed by atoms with Crippen molar-refractivity contribution in [2.24, 2.45) is 17.8 Å². The lowest BCUT2D eigenvalue weighted by Gasteiger charge is -2.54. The summed E-state index contributed by atoms with van der Waals surface area (Å²) in [7, 11) is 0. The van der Waals surface area contributed by atoms with Gasteiger partial charge in [-0.1, -0.05) is 38.5 Å². The van der Waals surface area contributed by atoms with E-state index in [0.717, 1.165) is 31.4 Å². The minimum absolute atomic E-state index is 0.0679. The monoisotopic (exact) mass is 443 g/mol. The zero-order valence-corrected chi connectivity index (χ0v) is 20.7. The molecule has 0 unspecified atom stereocenters. The molecule has 0 aromatic heterocycles. The van der Waals surface area contributed by atoms with E-state index in [1.807, 2.05) is 25.7 Å². The van der Waals surface area contributed by atoms with Crippen LogP contribution in [0.4, 0.5) is 4.79 Å². The molecule has 3 heterocycles. The molecule has 4 rings (SSSR count). The second kappa shape index (κ2) is 8.89. The third-order valence-electron chi connectivity index (χ3n) is 7.37. The summed E-state index contributed by atoms with van der Waals surface area (Å²) in [6, 6.07) is 8.39. The van der Waals surface area contributed by atoms with Gasteiger partial charge in [0.25, 0.3) is 0 Å². The van der Waals surface area contributed by atoms with Crippen molar-refractivity contribution in [1.82, 2.24) is 4.90 Å². The molecule has 5 heteroatoms. The molecule has 32 heavy (non-hydrogen) atoms. The van der Waals surface area contributed by atoms with Gasteiger partial charge >= 0.3 is 6.09 Å². The Hall–Kier alpha value is -1.75. The summed E-state index contributed by atoms with van der Waals surface area (Å²) < 4.78 is 19.2. The Labute approximate surface area is 193 Å². The van der Waals surface area contributed by atoms with Crippen LogP contribution >= 0.6 is 0 Å². The molecule has 5 atom stereocenters. The second-order valence-electron chi connectivity index (χ2n) is 11.7. The van der Waals surface area contributed by atoms with E-state index in [1.54, 1.807) is 0 Å². The van der Waals surface area contributed by atoms with Gasteiger partial charge in [0.05, 0.1) is 12.2 Å². The van der Waals surface area contributed by atoms with Crippen LogP contribution in [-0.2, 0) is 9.47 Å². The van der Waals surface area contributed by atoms with Crippen LogP contribution in [0.15, 0.2) is 24.3 Å². The van der Waals surface area contributed by atoms with Crippen LogP contribution in [0, 0.1) is 17.8 Å². The molecule has 0 spiro atoms. The molecule has 1 aromatic rings. The lowest BCUT2D eigenvalue weighted by molar-refractivity contribution is -0.191. The molecular formula is C27H41NO4. The van der Waals surface area contributed by atoms with E-state index in [-0.39, 0.29) is 29.8 Å². The first-order chi connectivity index (χ1) is 15.1. The van der Waals surface area contributed by atoms with Crippen molar-refractivity contribution in [3.8, 4) is 5.75 Å². The van der Waals surface area contributed by atoms with Crippen molar-refractivity contribution < 1.29 is 19.0 Å². The summed E-state index contributed by atoms with van der Waals surface area (Å²) in [5.41, 5.74) is 0.456. The number of nitrogens with zero attached hydrogens (tertiary/aromatic N) is 1. The quantitative estimate of drug-likeness (QED) is 0.543. The topological polar surface area (TPSA) is 48.0 Å². The maximum absolute atomic E-state index is 12.7. The number of likely N-dealkylation sites (tertiary alicyclic amines) is 1. The van der Waals surface area contributed by atoms with Gasteiger partial charge in [-0.3, -0.25) is 0 Å². The highest BCUT2D eigenvalue weighted by Gasteiger charge is 2.53. The van der Waals surface area contributed by atoms with Crippen LogP contribution in [0.3, 0.4) is 0 Å². The normalized spacial score (nSPS) is 31.9. The summed E-state index contributed by atoms with van der Waals surface area (Å²) >= 11 is 0. The fourth-order valence-corrected chi connectivity index (χ4v) is 5.73. The summed E-state index contributed by atoms with van der Waals surface area (Å²) in [5.74, 6) is 2.27. The Balaban J connectivity index is 1.54. The molecule has 0 aliphatic carbocycles. The fourth-order valence-electron chi connectivity index (χ4n) is 5.73. The van der Waals surface area contributed by atoms with Gasteiger partial charge in [0.1, 0.15) is 17.0 Å². The Kier molecular flexibility index (Phi) is 6.50.